The van der Waals surface area contributed by atoms with E-state index in [1.807, 2.05) is 13.8 Å². The van der Waals surface area contributed by atoms with Gasteiger partial charge in [-0.15, -0.1) is 0 Å². The minimum absolute atomic E-state index is 0.00663. The number of rotatable bonds is 9. The number of amides is 2. The number of nitrogens with one attached hydrogen (secondary N) is 1. The molecule has 0 saturated heterocycles. The van der Waals surface area contributed by atoms with Gasteiger partial charge in [0.2, 0.25) is 11.8 Å². The number of carbonyl (C=O) groups excluding carboxylic acids is 4. The Morgan fingerprint density at radius 1 is 1.03 bits per heavy atom. The van der Waals surface area contributed by atoms with Crippen molar-refractivity contribution in [3.05, 3.63) is 34.3 Å². The first-order chi connectivity index (χ1) is 15.3. The van der Waals surface area contributed by atoms with Crippen LogP contribution < -0.4 is 5.32 Å². The van der Waals surface area contributed by atoms with Gasteiger partial charge in [0.25, 0.3) is 0 Å². The fourth-order valence-corrected chi connectivity index (χ4v) is 4.32. The molecule has 174 valence electrons. The SMILES string of the molecule is CC(C)N(CC(=O)NC1CC1)C(=O)[C@H]1CCCC[C@H]1C(=O)OCC(=O)c1ccc(Br)cc1. The van der Waals surface area contributed by atoms with E-state index in [0.29, 0.717) is 18.4 Å². The van der Waals surface area contributed by atoms with Crippen molar-refractivity contribution in [3.8, 4) is 0 Å². The van der Waals surface area contributed by atoms with Gasteiger partial charge in [0.1, 0.15) is 0 Å². The van der Waals surface area contributed by atoms with E-state index in [0.717, 1.165) is 30.2 Å². The number of ketones is 1. The molecule has 8 heteroatoms. The highest BCUT2D eigenvalue weighted by atomic mass is 79.9. The van der Waals surface area contributed by atoms with Crippen LogP contribution in [0.25, 0.3) is 0 Å². The molecule has 0 bridgehead atoms. The molecule has 2 aliphatic rings. The lowest BCUT2D eigenvalue weighted by Crippen LogP contribution is -2.49. The number of benzene rings is 1. The second kappa shape index (κ2) is 11.1. The molecule has 3 rings (SSSR count). The molecule has 2 amide bonds. The molecule has 0 aromatic heterocycles. The van der Waals surface area contributed by atoms with E-state index in [2.05, 4.69) is 21.2 Å². The van der Waals surface area contributed by atoms with Crippen molar-refractivity contribution in [1.82, 2.24) is 10.2 Å². The third-order valence-corrected chi connectivity index (χ3v) is 6.59. The van der Waals surface area contributed by atoms with Gasteiger partial charge in [0.05, 0.1) is 18.4 Å². The monoisotopic (exact) mass is 506 g/mol. The Hall–Kier alpha value is -2.22. The van der Waals surface area contributed by atoms with Crippen LogP contribution in [0.2, 0.25) is 0 Å². The topological polar surface area (TPSA) is 92.8 Å². The van der Waals surface area contributed by atoms with Crippen molar-refractivity contribution in [3.63, 3.8) is 0 Å². The summed E-state index contributed by atoms with van der Waals surface area (Å²) in [4.78, 5) is 52.4. The Morgan fingerprint density at radius 3 is 2.25 bits per heavy atom. The van der Waals surface area contributed by atoms with Crippen LogP contribution in [-0.4, -0.2) is 53.7 Å². The van der Waals surface area contributed by atoms with Crippen molar-refractivity contribution in [1.29, 1.82) is 0 Å². The Balaban J connectivity index is 1.61. The van der Waals surface area contributed by atoms with E-state index in [9.17, 15) is 19.2 Å². The normalized spacial score (nSPS) is 20.5. The quantitative estimate of drug-likeness (QED) is 0.408. The average molecular weight is 507 g/mol. The zero-order chi connectivity index (χ0) is 23.3. The largest absolute Gasteiger partial charge is 0.457 e. The maximum absolute atomic E-state index is 13.3. The first-order valence-corrected chi connectivity index (χ1v) is 12.1. The maximum atomic E-state index is 13.3. The third-order valence-electron chi connectivity index (χ3n) is 6.06. The summed E-state index contributed by atoms with van der Waals surface area (Å²) in [5, 5.41) is 2.92. The van der Waals surface area contributed by atoms with E-state index >= 15 is 0 Å². The average Bonchev–Trinajstić information content (AvgIpc) is 3.59. The second-order valence-corrected chi connectivity index (χ2v) is 9.85. The molecule has 2 fully saturated rings. The lowest BCUT2D eigenvalue weighted by molar-refractivity contribution is -0.157. The van der Waals surface area contributed by atoms with Crippen LogP contribution in [0.3, 0.4) is 0 Å². The van der Waals surface area contributed by atoms with Crippen LogP contribution in [0.1, 0.15) is 62.7 Å². The van der Waals surface area contributed by atoms with Gasteiger partial charge >= 0.3 is 5.97 Å². The highest BCUT2D eigenvalue weighted by molar-refractivity contribution is 9.10. The van der Waals surface area contributed by atoms with E-state index in [-0.39, 0.29) is 42.8 Å². The molecule has 1 N–H and O–H groups in total. The third kappa shape index (κ3) is 6.64. The number of nitrogens with zero attached hydrogens (tertiary/aromatic N) is 1. The first-order valence-electron chi connectivity index (χ1n) is 11.3. The van der Waals surface area contributed by atoms with E-state index in [4.69, 9.17) is 4.74 Å². The number of ether oxygens (including phenoxy) is 1. The van der Waals surface area contributed by atoms with Crippen molar-refractivity contribution in [2.75, 3.05) is 13.2 Å². The molecular weight excluding hydrogens is 476 g/mol. The van der Waals surface area contributed by atoms with Gasteiger partial charge in [-0.1, -0.05) is 40.9 Å². The number of Topliss-reactive ketones (excluding diaryl/α,β-unsaturated/α-hetero) is 1. The second-order valence-electron chi connectivity index (χ2n) is 8.94. The van der Waals surface area contributed by atoms with E-state index in [1.54, 1.807) is 29.2 Å². The van der Waals surface area contributed by atoms with Crippen molar-refractivity contribution >= 4 is 39.5 Å². The van der Waals surface area contributed by atoms with Crippen LogP contribution in [-0.2, 0) is 19.1 Å². The summed E-state index contributed by atoms with van der Waals surface area (Å²) in [6.45, 7) is 3.38. The summed E-state index contributed by atoms with van der Waals surface area (Å²) in [5.74, 6) is -2.28. The summed E-state index contributed by atoms with van der Waals surface area (Å²) in [6, 6.07) is 6.91. The van der Waals surface area contributed by atoms with Gasteiger partial charge in [-0.25, -0.2) is 0 Å². The summed E-state index contributed by atoms with van der Waals surface area (Å²) >= 11 is 3.32. The number of hydrogen-bond donors (Lipinski definition) is 1. The molecule has 0 radical (unpaired) electrons. The number of carbonyl (C=O) groups is 4. The molecule has 0 heterocycles. The van der Waals surface area contributed by atoms with Gasteiger partial charge in [0.15, 0.2) is 12.4 Å². The molecular formula is C24H31BrN2O5. The maximum Gasteiger partial charge on any atom is 0.310 e. The Morgan fingerprint density at radius 2 is 1.66 bits per heavy atom. The van der Waals surface area contributed by atoms with Gasteiger partial charge in [-0.2, -0.15) is 0 Å². The number of esters is 1. The van der Waals surface area contributed by atoms with Crippen LogP contribution >= 0.6 is 15.9 Å². The predicted octanol–water partition coefficient (Wildman–Crippen LogP) is 3.50. The zero-order valence-electron chi connectivity index (χ0n) is 18.6. The van der Waals surface area contributed by atoms with Crippen molar-refractivity contribution in [2.45, 2.75) is 64.5 Å². The first kappa shape index (κ1) is 24.4. The fraction of sp³-hybridized carbons (Fsp3) is 0.583. The van der Waals surface area contributed by atoms with Crippen molar-refractivity contribution in [2.24, 2.45) is 11.8 Å². The predicted molar refractivity (Wildman–Crippen MR) is 123 cm³/mol. The van der Waals surface area contributed by atoms with Gasteiger partial charge in [-0.3, -0.25) is 19.2 Å². The summed E-state index contributed by atoms with van der Waals surface area (Å²) in [5.41, 5.74) is 0.463. The summed E-state index contributed by atoms with van der Waals surface area (Å²) in [6.07, 6.45) is 4.76. The Labute approximate surface area is 197 Å². The highest BCUT2D eigenvalue weighted by Gasteiger charge is 2.40. The van der Waals surface area contributed by atoms with Crippen LogP contribution in [0.5, 0.6) is 0 Å². The van der Waals surface area contributed by atoms with Gasteiger partial charge in [0, 0.05) is 22.1 Å². The lowest BCUT2D eigenvalue weighted by atomic mass is 9.78. The molecule has 2 saturated carbocycles. The van der Waals surface area contributed by atoms with Gasteiger partial charge < -0.3 is 15.0 Å². The lowest BCUT2D eigenvalue weighted by Gasteiger charge is -2.35. The molecule has 32 heavy (non-hydrogen) atoms. The zero-order valence-corrected chi connectivity index (χ0v) is 20.2. The summed E-state index contributed by atoms with van der Waals surface area (Å²) in [7, 11) is 0. The Kier molecular flexibility index (Phi) is 8.45. The molecule has 0 unspecified atom stereocenters. The minimum atomic E-state index is -0.596. The number of halogens is 1. The summed E-state index contributed by atoms with van der Waals surface area (Å²) < 4.78 is 6.20. The molecule has 2 atom stereocenters. The molecule has 2 aliphatic carbocycles. The van der Waals surface area contributed by atoms with Gasteiger partial charge in [-0.05, 0) is 51.7 Å². The minimum Gasteiger partial charge on any atom is -0.457 e. The molecule has 1 aromatic carbocycles. The van der Waals surface area contributed by atoms with Crippen LogP contribution in [0.15, 0.2) is 28.7 Å². The van der Waals surface area contributed by atoms with E-state index in [1.165, 1.54) is 0 Å². The highest BCUT2D eigenvalue weighted by Crippen LogP contribution is 2.33. The molecule has 0 spiro atoms. The van der Waals surface area contributed by atoms with Crippen molar-refractivity contribution < 1.29 is 23.9 Å². The van der Waals surface area contributed by atoms with Crippen LogP contribution in [0, 0.1) is 11.8 Å². The molecule has 1 aromatic rings. The van der Waals surface area contributed by atoms with Crippen LogP contribution in [0.4, 0.5) is 0 Å². The fourth-order valence-electron chi connectivity index (χ4n) is 4.06. The molecule has 7 nitrogen and oxygen atoms in total. The molecule has 0 aliphatic heterocycles. The Bertz CT molecular complexity index is 850. The standard InChI is InChI=1S/C24H31BrN2O5/c1-15(2)27(13-22(29)26-18-11-12-18)23(30)19-5-3-4-6-20(19)24(31)32-14-21(28)16-7-9-17(25)10-8-16/h7-10,15,18-20H,3-6,11-14H2,1-2H3,(H,26,29)/t19-,20+/m0/s1. The van der Waals surface area contributed by atoms with E-state index < -0.39 is 17.8 Å². The number of hydrogen-bond acceptors (Lipinski definition) is 5. The smallest absolute Gasteiger partial charge is 0.310 e.